The normalized spacial score (nSPS) is 16.6. The van der Waals surface area contributed by atoms with Gasteiger partial charge in [0.15, 0.2) is 5.96 Å². The largest absolute Gasteiger partial charge is 0.496 e. The average Bonchev–Trinajstić information content (AvgIpc) is 3.28. The minimum absolute atomic E-state index is 0.334. The highest BCUT2D eigenvalue weighted by atomic mass is 16.5. The molecule has 1 aliphatic rings. The van der Waals surface area contributed by atoms with Crippen LogP contribution in [0.5, 0.6) is 5.75 Å². The van der Waals surface area contributed by atoms with Gasteiger partial charge < -0.3 is 15.4 Å². The Labute approximate surface area is 121 Å². The first-order valence-corrected chi connectivity index (χ1v) is 7.42. The second-order valence-electron chi connectivity index (χ2n) is 5.28. The van der Waals surface area contributed by atoms with Crippen molar-refractivity contribution in [1.82, 2.24) is 10.6 Å². The Bertz CT molecular complexity index is 455. The fourth-order valence-electron chi connectivity index (χ4n) is 2.14. The monoisotopic (exact) mass is 275 g/mol. The summed E-state index contributed by atoms with van der Waals surface area (Å²) in [6.07, 6.45) is 2.51. The summed E-state index contributed by atoms with van der Waals surface area (Å²) in [6.45, 7) is 5.92. The number of methoxy groups -OCH3 is 1. The van der Waals surface area contributed by atoms with Gasteiger partial charge in [-0.2, -0.15) is 0 Å². The summed E-state index contributed by atoms with van der Waals surface area (Å²) < 4.78 is 5.42. The highest BCUT2D eigenvalue weighted by Gasteiger charge is 2.22. The summed E-state index contributed by atoms with van der Waals surface area (Å²) in [5.74, 6) is 2.20. The lowest BCUT2D eigenvalue weighted by Crippen LogP contribution is -2.38. The van der Waals surface area contributed by atoms with E-state index in [-0.39, 0.29) is 0 Å². The van der Waals surface area contributed by atoms with Crippen LogP contribution < -0.4 is 15.4 Å². The molecule has 1 aromatic carbocycles. The maximum absolute atomic E-state index is 5.42. The summed E-state index contributed by atoms with van der Waals surface area (Å²) in [4.78, 5) is 4.68. The van der Waals surface area contributed by atoms with E-state index in [1.165, 1.54) is 18.4 Å². The smallest absolute Gasteiger partial charge is 0.191 e. The lowest BCUT2D eigenvalue weighted by atomic mass is 10.0. The van der Waals surface area contributed by atoms with Crippen molar-refractivity contribution in [2.45, 2.75) is 38.6 Å². The molecule has 1 atom stereocenters. The maximum Gasteiger partial charge on any atom is 0.191 e. The van der Waals surface area contributed by atoms with Crippen LogP contribution in [0, 0.1) is 0 Å². The predicted octanol–water partition coefficient (Wildman–Crippen LogP) is 2.52. The van der Waals surface area contributed by atoms with Gasteiger partial charge in [0.05, 0.1) is 7.11 Å². The molecule has 0 heterocycles. The molecule has 0 aromatic heterocycles. The molecule has 1 aromatic rings. The molecule has 20 heavy (non-hydrogen) atoms. The standard InChI is InChI=1S/C16H25N3O/c1-4-17-16(19-13-9-10-13)18-11-12(2)14-7-5-6-8-15(14)20-3/h5-8,12-13H,4,9-11H2,1-3H3,(H2,17,18,19). The molecule has 2 N–H and O–H groups in total. The summed E-state index contributed by atoms with van der Waals surface area (Å²) >= 11 is 0. The molecular weight excluding hydrogens is 250 g/mol. The Balaban J connectivity index is 1.99. The highest BCUT2D eigenvalue weighted by molar-refractivity contribution is 5.80. The van der Waals surface area contributed by atoms with Crippen LogP contribution in [0.4, 0.5) is 0 Å². The van der Waals surface area contributed by atoms with Gasteiger partial charge in [-0.05, 0) is 31.4 Å². The van der Waals surface area contributed by atoms with Crippen molar-refractivity contribution >= 4 is 5.96 Å². The summed E-state index contributed by atoms with van der Waals surface area (Å²) in [7, 11) is 1.72. The van der Waals surface area contributed by atoms with Crippen molar-refractivity contribution in [2.24, 2.45) is 4.99 Å². The van der Waals surface area contributed by atoms with Crippen molar-refractivity contribution in [3.63, 3.8) is 0 Å². The van der Waals surface area contributed by atoms with Gasteiger partial charge in [0.25, 0.3) is 0 Å². The van der Waals surface area contributed by atoms with Crippen LogP contribution in [0.2, 0.25) is 0 Å². The van der Waals surface area contributed by atoms with Crippen molar-refractivity contribution in [1.29, 1.82) is 0 Å². The number of benzene rings is 1. The molecular formula is C16H25N3O. The molecule has 0 spiro atoms. The van der Waals surface area contributed by atoms with Gasteiger partial charge in [0.2, 0.25) is 0 Å². The van der Waals surface area contributed by atoms with Gasteiger partial charge in [-0.15, -0.1) is 0 Å². The fraction of sp³-hybridized carbons (Fsp3) is 0.562. The lowest BCUT2D eigenvalue weighted by Gasteiger charge is -2.15. The van der Waals surface area contributed by atoms with Crippen LogP contribution in [0.25, 0.3) is 0 Å². The van der Waals surface area contributed by atoms with Gasteiger partial charge in [0, 0.05) is 25.0 Å². The SMILES string of the molecule is CCNC(=NCC(C)c1ccccc1OC)NC1CC1. The number of ether oxygens (including phenoxy) is 1. The van der Waals surface area contributed by atoms with Crippen LogP contribution in [-0.4, -0.2) is 32.2 Å². The Morgan fingerprint density at radius 1 is 1.40 bits per heavy atom. The van der Waals surface area contributed by atoms with Crippen LogP contribution >= 0.6 is 0 Å². The zero-order chi connectivity index (χ0) is 14.4. The first-order valence-electron chi connectivity index (χ1n) is 7.42. The quantitative estimate of drug-likeness (QED) is 0.619. The Morgan fingerprint density at radius 2 is 2.15 bits per heavy atom. The lowest BCUT2D eigenvalue weighted by molar-refractivity contribution is 0.407. The zero-order valence-electron chi connectivity index (χ0n) is 12.6. The van der Waals surface area contributed by atoms with E-state index < -0.39 is 0 Å². The molecule has 4 nitrogen and oxygen atoms in total. The van der Waals surface area contributed by atoms with E-state index >= 15 is 0 Å². The number of guanidine groups is 1. The molecule has 0 amide bonds. The number of nitrogens with zero attached hydrogens (tertiary/aromatic N) is 1. The van der Waals surface area contributed by atoms with Crippen LogP contribution in [0.3, 0.4) is 0 Å². The number of para-hydroxylation sites is 1. The van der Waals surface area contributed by atoms with E-state index in [0.717, 1.165) is 24.8 Å². The van der Waals surface area contributed by atoms with Crippen molar-refractivity contribution < 1.29 is 4.74 Å². The molecule has 1 unspecified atom stereocenters. The summed E-state index contributed by atoms with van der Waals surface area (Å²) in [5, 5.41) is 6.73. The molecule has 0 aliphatic heterocycles. The molecule has 1 saturated carbocycles. The molecule has 110 valence electrons. The van der Waals surface area contributed by atoms with E-state index in [9.17, 15) is 0 Å². The van der Waals surface area contributed by atoms with E-state index in [1.54, 1.807) is 7.11 Å². The van der Waals surface area contributed by atoms with Gasteiger partial charge >= 0.3 is 0 Å². The molecule has 0 bridgehead atoms. The van der Waals surface area contributed by atoms with Crippen molar-refractivity contribution in [2.75, 3.05) is 20.2 Å². The topological polar surface area (TPSA) is 45.7 Å². The van der Waals surface area contributed by atoms with Gasteiger partial charge in [0.1, 0.15) is 5.75 Å². The molecule has 2 rings (SSSR count). The maximum atomic E-state index is 5.42. The first kappa shape index (κ1) is 14.7. The molecule has 1 fully saturated rings. The minimum Gasteiger partial charge on any atom is -0.496 e. The minimum atomic E-state index is 0.334. The van der Waals surface area contributed by atoms with Crippen LogP contribution in [-0.2, 0) is 0 Å². The number of aliphatic imine (C=N–C) groups is 1. The van der Waals surface area contributed by atoms with E-state index in [1.807, 2.05) is 18.2 Å². The van der Waals surface area contributed by atoms with Gasteiger partial charge in [-0.25, -0.2) is 0 Å². The second-order valence-corrected chi connectivity index (χ2v) is 5.28. The Kier molecular flexibility index (Phi) is 5.27. The third kappa shape index (κ3) is 4.15. The number of hydrogen-bond donors (Lipinski definition) is 2. The second kappa shape index (κ2) is 7.17. The fourth-order valence-corrected chi connectivity index (χ4v) is 2.14. The number of hydrogen-bond acceptors (Lipinski definition) is 2. The molecule has 0 saturated heterocycles. The predicted molar refractivity (Wildman–Crippen MR) is 83.5 cm³/mol. The number of nitrogens with one attached hydrogen (secondary N) is 2. The Morgan fingerprint density at radius 3 is 2.80 bits per heavy atom. The average molecular weight is 275 g/mol. The molecule has 1 aliphatic carbocycles. The number of rotatable bonds is 6. The summed E-state index contributed by atoms with van der Waals surface area (Å²) in [6, 6.07) is 8.78. The van der Waals surface area contributed by atoms with Crippen LogP contribution in [0.1, 0.15) is 38.2 Å². The highest BCUT2D eigenvalue weighted by Crippen LogP contribution is 2.26. The van der Waals surface area contributed by atoms with E-state index in [2.05, 4.69) is 35.5 Å². The van der Waals surface area contributed by atoms with Crippen molar-refractivity contribution in [3.8, 4) is 5.75 Å². The zero-order valence-corrected chi connectivity index (χ0v) is 12.6. The van der Waals surface area contributed by atoms with Gasteiger partial charge in [-0.3, -0.25) is 4.99 Å². The van der Waals surface area contributed by atoms with Gasteiger partial charge in [-0.1, -0.05) is 25.1 Å². The first-order chi connectivity index (χ1) is 9.74. The third-order valence-corrected chi connectivity index (χ3v) is 3.46. The van der Waals surface area contributed by atoms with Crippen molar-refractivity contribution in [3.05, 3.63) is 29.8 Å². The molecule has 4 heteroatoms. The van der Waals surface area contributed by atoms with E-state index in [4.69, 9.17) is 4.74 Å². The Hall–Kier alpha value is -1.71. The molecule has 0 radical (unpaired) electrons. The van der Waals surface area contributed by atoms with Crippen LogP contribution in [0.15, 0.2) is 29.3 Å². The van der Waals surface area contributed by atoms with E-state index in [0.29, 0.717) is 12.0 Å². The third-order valence-electron chi connectivity index (χ3n) is 3.46. The summed E-state index contributed by atoms with van der Waals surface area (Å²) in [5.41, 5.74) is 1.21.